The maximum absolute atomic E-state index is 14.0. The molecule has 4 atom stereocenters. The third-order valence-corrected chi connectivity index (χ3v) is 8.02. The van der Waals surface area contributed by atoms with Crippen LogP contribution in [0.25, 0.3) is 6.20 Å². The zero-order valence-electron chi connectivity index (χ0n) is 23.9. The number of rotatable bonds is 16. The highest BCUT2D eigenvalue weighted by Crippen LogP contribution is 2.56. The van der Waals surface area contributed by atoms with Gasteiger partial charge in [0.15, 0.2) is 0 Å². The lowest BCUT2D eigenvalue weighted by Crippen LogP contribution is -2.37. The van der Waals surface area contributed by atoms with E-state index in [1.54, 1.807) is 43.5 Å². The Morgan fingerprint density at radius 2 is 1.90 bits per heavy atom. The molecule has 0 aliphatic heterocycles. The Morgan fingerprint density at radius 1 is 1.17 bits per heavy atom. The van der Waals surface area contributed by atoms with Gasteiger partial charge in [-0.3, -0.25) is 18.7 Å². The van der Waals surface area contributed by atoms with Gasteiger partial charge >= 0.3 is 25.4 Å². The summed E-state index contributed by atoms with van der Waals surface area (Å²) >= 11 is 0. The fraction of sp³-hybridized carbons (Fsp3) is 0.500. The molecule has 0 bridgehead atoms. The number of carbonyl (C=O) groups is 2. The van der Waals surface area contributed by atoms with Gasteiger partial charge in [-0.1, -0.05) is 38.5 Å². The van der Waals surface area contributed by atoms with Crippen molar-refractivity contribution in [2.24, 2.45) is 5.41 Å². The van der Waals surface area contributed by atoms with E-state index in [9.17, 15) is 18.9 Å². The number of aromatic nitrogens is 2. The summed E-state index contributed by atoms with van der Waals surface area (Å²) < 4.78 is 37.9. The van der Waals surface area contributed by atoms with Crippen LogP contribution >= 0.6 is 7.75 Å². The lowest BCUT2D eigenvalue weighted by Gasteiger charge is -2.25. The Labute approximate surface area is 239 Å². The molecular weight excluding hydrogens is 551 g/mol. The summed E-state index contributed by atoms with van der Waals surface area (Å²) in [5.41, 5.74) is 4.85. The SMILES string of the molecule is CCCC(=O)OCC1(CO[P@@](=O)(N[C@@H](C)C(=O)O[C@@H](C)CCC)Oc2ccccc2)C/C1=C/n1ccc(N)nc1=O. The number of nitrogen functional groups attached to an aromatic ring is 1. The number of hydrogen-bond donors (Lipinski definition) is 2. The van der Waals surface area contributed by atoms with Gasteiger partial charge in [0, 0.05) is 18.8 Å². The van der Waals surface area contributed by atoms with Crippen molar-refractivity contribution in [1.82, 2.24) is 14.6 Å². The van der Waals surface area contributed by atoms with Crippen LogP contribution in [0.2, 0.25) is 0 Å². The van der Waals surface area contributed by atoms with E-state index in [2.05, 4.69) is 10.1 Å². The van der Waals surface area contributed by atoms with Gasteiger partial charge in [0.25, 0.3) is 0 Å². The smallest absolute Gasteiger partial charge is 0.459 e. The van der Waals surface area contributed by atoms with Crippen LogP contribution in [-0.2, 0) is 28.2 Å². The Kier molecular flexibility index (Phi) is 11.3. The van der Waals surface area contributed by atoms with E-state index >= 15 is 0 Å². The van der Waals surface area contributed by atoms with E-state index in [1.807, 2.05) is 13.8 Å². The van der Waals surface area contributed by atoms with Crippen molar-refractivity contribution >= 4 is 31.7 Å². The molecular formula is C28H39N4O8P. The number of carbonyl (C=O) groups excluding carboxylic acids is 2. The molecule has 3 N–H and O–H groups in total. The largest absolute Gasteiger partial charge is 0.465 e. The minimum Gasteiger partial charge on any atom is -0.465 e. The molecule has 1 aromatic heterocycles. The van der Waals surface area contributed by atoms with Gasteiger partial charge in [0.05, 0.1) is 18.1 Å². The number of ether oxygens (including phenoxy) is 2. The van der Waals surface area contributed by atoms with E-state index in [0.717, 1.165) is 6.42 Å². The van der Waals surface area contributed by atoms with Crippen molar-refractivity contribution < 1.29 is 32.7 Å². The quantitative estimate of drug-likeness (QED) is 0.212. The summed E-state index contributed by atoms with van der Waals surface area (Å²) in [6.07, 6.45) is 5.51. The number of nitrogens with one attached hydrogen (secondary N) is 1. The Hall–Kier alpha value is -3.47. The molecule has 224 valence electrons. The summed E-state index contributed by atoms with van der Waals surface area (Å²) in [6.45, 7) is 6.89. The van der Waals surface area contributed by atoms with Gasteiger partial charge in [-0.15, -0.1) is 0 Å². The predicted molar refractivity (Wildman–Crippen MR) is 154 cm³/mol. The molecule has 1 fully saturated rings. The van der Waals surface area contributed by atoms with E-state index in [-0.39, 0.29) is 43.3 Å². The number of para-hydroxylation sites is 1. The summed E-state index contributed by atoms with van der Waals surface area (Å²) in [5.74, 6) is -0.635. The van der Waals surface area contributed by atoms with Crippen molar-refractivity contribution in [3.63, 3.8) is 0 Å². The van der Waals surface area contributed by atoms with Crippen molar-refractivity contribution in [1.29, 1.82) is 0 Å². The molecule has 1 aromatic carbocycles. The third kappa shape index (κ3) is 9.55. The minimum absolute atomic E-state index is 0.0632. The van der Waals surface area contributed by atoms with Crippen LogP contribution < -0.4 is 21.0 Å². The number of anilines is 1. The maximum atomic E-state index is 14.0. The number of nitrogens with two attached hydrogens (primary N) is 1. The molecule has 0 amide bonds. The molecule has 0 radical (unpaired) electrons. The topological polar surface area (TPSA) is 161 Å². The lowest BCUT2D eigenvalue weighted by molar-refractivity contribution is -0.150. The molecule has 1 unspecified atom stereocenters. The highest BCUT2D eigenvalue weighted by atomic mass is 31.2. The normalized spacial score (nSPS) is 20.0. The molecule has 0 saturated heterocycles. The fourth-order valence-electron chi connectivity index (χ4n) is 3.99. The molecule has 1 aliphatic carbocycles. The van der Waals surface area contributed by atoms with E-state index in [1.165, 1.54) is 23.8 Å². The highest BCUT2D eigenvalue weighted by molar-refractivity contribution is 7.52. The summed E-state index contributed by atoms with van der Waals surface area (Å²) in [5, 5.41) is 2.68. The number of nitrogens with zero attached hydrogens (tertiary/aromatic N) is 2. The molecule has 1 saturated carbocycles. The molecule has 1 heterocycles. The molecule has 1 aliphatic rings. The Balaban J connectivity index is 1.83. The fourth-order valence-corrected chi connectivity index (χ4v) is 5.57. The van der Waals surface area contributed by atoms with E-state index in [4.69, 9.17) is 24.3 Å². The second-order valence-electron chi connectivity index (χ2n) is 10.1. The number of benzene rings is 1. The molecule has 0 spiro atoms. The predicted octanol–water partition coefficient (Wildman–Crippen LogP) is 4.31. The number of esters is 2. The Morgan fingerprint density at radius 3 is 2.56 bits per heavy atom. The van der Waals surface area contributed by atoms with Gasteiger partial charge < -0.3 is 19.7 Å². The third-order valence-electron chi connectivity index (χ3n) is 6.39. The van der Waals surface area contributed by atoms with Gasteiger partial charge in [-0.25, -0.2) is 9.36 Å². The van der Waals surface area contributed by atoms with Crippen molar-refractivity contribution in [2.75, 3.05) is 18.9 Å². The van der Waals surface area contributed by atoms with Gasteiger partial charge in [0.2, 0.25) is 0 Å². The molecule has 41 heavy (non-hydrogen) atoms. The first-order valence-corrected chi connectivity index (χ1v) is 15.2. The average Bonchev–Trinajstić information content (AvgIpc) is 3.61. The van der Waals surface area contributed by atoms with Crippen LogP contribution in [0.4, 0.5) is 5.82 Å². The zero-order chi connectivity index (χ0) is 30.0. The van der Waals surface area contributed by atoms with E-state index < -0.39 is 30.9 Å². The van der Waals surface area contributed by atoms with Crippen LogP contribution in [-0.4, -0.2) is 46.8 Å². The zero-order valence-corrected chi connectivity index (χ0v) is 24.8. The van der Waals surface area contributed by atoms with Crippen molar-refractivity contribution in [3.05, 3.63) is 58.7 Å². The van der Waals surface area contributed by atoms with Crippen LogP contribution in [0.5, 0.6) is 5.75 Å². The van der Waals surface area contributed by atoms with Gasteiger partial charge in [-0.05, 0) is 56.9 Å². The first-order chi connectivity index (χ1) is 19.5. The minimum atomic E-state index is -4.17. The van der Waals surface area contributed by atoms with E-state index in [0.29, 0.717) is 24.8 Å². The monoisotopic (exact) mass is 590 g/mol. The van der Waals surface area contributed by atoms with Crippen LogP contribution in [0.1, 0.15) is 59.8 Å². The van der Waals surface area contributed by atoms with Gasteiger partial charge in [-0.2, -0.15) is 10.1 Å². The van der Waals surface area contributed by atoms with Crippen molar-refractivity contribution in [2.45, 2.75) is 71.9 Å². The Bertz CT molecular complexity index is 1330. The molecule has 13 heteroatoms. The maximum Gasteiger partial charge on any atom is 0.459 e. The molecule has 3 rings (SSSR count). The molecule has 2 aromatic rings. The summed E-state index contributed by atoms with van der Waals surface area (Å²) in [6, 6.07) is 8.86. The van der Waals surface area contributed by atoms with Gasteiger partial charge in [0.1, 0.15) is 24.2 Å². The van der Waals surface area contributed by atoms with Crippen molar-refractivity contribution in [3.8, 4) is 5.75 Å². The second-order valence-corrected chi connectivity index (χ2v) is 11.8. The first kappa shape index (κ1) is 32.0. The highest BCUT2D eigenvalue weighted by Gasteiger charge is 2.52. The van der Waals surface area contributed by atoms with Crippen LogP contribution in [0, 0.1) is 5.41 Å². The van der Waals surface area contributed by atoms with Crippen LogP contribution in [0.3, 0.4) is 0 Å². The summed E-state index contributed by atoms with van der Waals surface area (Å²) in [7, 11) is -4.17. The number of hydrogen-bond acceptors (Lipinski definition) is 10. The molecule has 12 nitrogen and oxygen atoms in total. The lowest BCUT2D eigenvalue weighted by atomic mass is 10.1. The standard InChI is InChI=1S/C28H39N4O8P/c1-5-10-20(3)39-26(34)21(4)31-41(36,40-23-12-8-7-9-13-23)38-19-28(18-37-25(33)11-6-2)16-22(28)17-32-15-14-24(29)30-27(32)35/h7-9,12-15,17,20-21H,5-6,10-11,16,18-19H2,1-4H3,(H,31,36)(H2,29,30,35)/b22-17-/t20-,21-,28?,41-/m0/s1. The van der Waals surface area contributed by atoms with Crippen LogP contribution in [0.15, 0.2) is 53.0 Å². The first-order valence-electron chi connectivity index (χ1n) is 13.7. The average molecular weight is 591 g/mol. The summed E-state index contributed by atoms with van der Waals surface area (Å²) in [4.78, 5) is 40.9. The second kappa shape index (κ2) is 14.4.